The van der Waals surface area contributed by atoms with Crippen molar-refractivity contribution in [1.82, 2.24) is 0 Å². The van der Waals surface area contributed by atoms with Gasteiger partial charge in [-0.1, -0.05) is 7.43 Å². The van der Waals surface area contributed by atoms with Crippen LogP contribution in [0.3, 0.4) is 0 Å². The summed E-state index contributed by atoms with van der Waals surface area (Å²) in [7, 11) is 0. The van der Waals surface area contributed by atoms with Gasteiger partial charge in [0.05, 0.1) is 0 Å². The van der Waals surface area contributed by atoms with E-state index in [1.54, 1.807) is 0 Å². The summed E-state index contributed by atoms with van der Waals surface area (Å²) < 4.78 is 0. The van der Waals surface area contributed by atoms with Crippen molar-refractivity contribution in [1.29, 1.82) is 0 Å². The van der Waals surface area contributed by atoms with E-state index >= 15 is 0 Å². The molecule has 0 saturated heterocycles. The molecule has 0 aromatic heterocycles. The van der Waals surface area contributed by atoms with Gasteiger partial charge in [-0.3, -0.25) is 0 Å². The third kappa shape index (κ3) is 23.4. The molecule has 4 heteroatoms. The third-order valence-corrected chi connectivity index (χ3v) is 0. The summed E-state index contributed by atoms with van der Waals surface area (Å²) in [5, 5.41) is 0. The van der Waals surface area contributed by atoms with Crippen LogP contribution in [0, 0.1) is 0 Å². The summed E-state index contributed by atoms with van der Waals surface area (Å²) in [6, 6.07) is 0. The van der Waals surface area contributed by atoms with Gasteiger partial charge in [0.1, 0.15) is 0 Å². The van der Waals surface area contributed by atoms with Crippen molar-refractivity contribution >= 4 is 48.8 Å². The Bertz CT molecular complexity index is 17.7. The summed E-state index contributed by atoms with van der Waals surface area (Å²) >= 11 is 0. The quantitative estimate of drug-likeness (QED) is 0.366. The summed E-state index contributed by atoms with van der Waals surface area (Å²) in [5.41, 5.74) is 0. The molecule has 0 bridgehead atoms. The van der Waals surface area contributed by atoms with Crippen LogP contribution >= 0.6 is 0 Å². The molecule has 0 heterocycles. The minimum atomic E-state index is 0. The fourth-order valence-corrected chi connectivity index (χ4v) is 0. The first-order chi connectivity index (χ1) is 0. The second-order valence-corrected chi connectivity index (χ2v) is 0. The first-order valence-electron chi connectivity index (χ1n) is 0. The molecule has 0 aliphatic rings. The van der Waals surface area contributed by atoms with Crippen LogP contribution in [-0.4, -0.2) is 48.8 Å². The van der Waals surface area contributed by atoms with Crippen LogP contribution in [-0.2, 0) is 21.7 Å². The fourth-order valence-electron chi connectivity index (χ4n) is 0. The summed E-state index contributed by atoms with van der Waals surface area (Å²) in [5.74, 6) is 0. The molecule has 0 aliphatic heterocycles. The van der Waals surface area contributed by atoms with Gasteiger partial charge in [-0.05, 0) is 0 Å². The Kier molecular flexibility index (Phi) is 440. The first-order valence-corrected chi connectivity index (χ1v) is 0. The average molecular weight is 131 g/mol. The molecule has 0 saturated carbocycles. The van der Waals surface area contributed by atoms with Crippen LogP contribution in [0.1, 0.15) is 10.3 Å². The predicted octanol–water partition coefficient (Wildman–Crippen LogP) is -1.09. The van der Waals surface area contributed by atoms with Crippen LogP contribution in [0.15, 0.2) is 0 Å². The Morgan fingerprint density at radius 2 is 1.20 bits per heavy atom. The van der Waals surface area contributed by atoms with Gasteiger partial charge in [-0.15, -0.1) is 0 Å². The molecule has 25 valence electrons. The number of hydrogen-bond acceptors (Lipinski definition) is 0. The molecule has 0 unspecified atom stereocenters. The monoisotopic (exact) mass is 131 g/mol. The second-order valence-electron chi connectivity index (χ2n) is 0. The molecule has 0 aromatic carbocycles. The van der Waals surface area contributed by atoms with Crippen LogP contribution in [0.5, 0.6) is 0 Å². The van der Waals surface area contributed by atoms with Gasteiger partial charge in [-0.25, -0.2) is 0 Å². The predicted molar refractivity (Wildman–Crippen MR) is 30.4 cm³/mol. The van der Waals surface area contributed by atoms with E-state index in [1.165, 1.54) is 0 Å². The molecule has 0 aliphatic carbocycles. The van der Waals surface area contributed by atoms with E-state index in [1.807, 2.05) is 0 Å². The van der Waals surface area contributed by atoms with Crippen molar-refractivity contribution in [3.63, 3.8) is 0 Å². The van der Waals surface area contributed by atoms with Crippen LogP contribution in [0.4, 0.5) is 0 Å². The molecular formula is CH9AlBMgTi. The molecule has 0 spiro atoms. The van der Waals surface area contributed by atoms with Crippen LogP contribution < -0.4 is 0 Å². The number of rotatable bonds is 0. The van der Waals surface area contributed by atoms with E-state index < -0.39 is 0 Å². The molecule has 0 atom stereocenters. The normalized spacial score (nSPS) is 0. The zero-order valence-electron chi connectivity index (χ0n) is 3.78. The van der Waals surface area contributed by atoms with Gasteiger partial charge in [0.15, 0.2) is 17.4 Å². The van der Waals surface area contributed by atoms with E-state index in [-0.39, 0.29) is 80.8 Å². The average Bonchev–Trinajstić information content (AvgIpc) is 0. The zero-order chi connectivity index (χ0) is 0. The van der Waals surface area contributed by atoms with Crippen molar-refractivity contribution in [2.24, 2.45) is 0 Å². The molecule has 0 fully saturated rings. The largest absolute Gasteiger partial charge is 2.00 e. The molecule has 3 radical (unpaired) electrons. The van der Waals surface area contributed by atoms with Gasteiger partial charge in [0, 0.05) is 30.1 Å². The van der Waals surface area contributed by atoms with Gasteiger partial charge in [0.2, 0.25) is 0 Å². The van der Waals surface area contributed by atoms with Gasteiger partial charge in [-0.2, -0.15) is 0 Å². The Hall–Kier alpha value is 2.08. The standard InChI is InChI=1S/CH4.Al.B.Mg.Ti.5H/h1H4;;;;;;;;;/q;;;+2;;;;;2*-1. The minimum Gasteiger partial charge on any atom is -1.00 e. The second kappa shape index (κ2) is 36.3. The van der Waals surface area contributed by atoms with Crippen LogP contribution in [0.25, 0.3) is 0 Å². The van der Waals surface area contributed by atoms with Crippen molar-refractivity contribution in [2.75, 3.05) is 0 Å². The van der Waals surface area contributed by atoms with E-state index in [0.717, 1.165) is 0 Å². The third-order valence-electron chi connectivity index (χ3n) is 0. The molecule has 0 rings (SSSR count). The van der Waals surface area contributed by atoms with E-state index in [2.05, 4.69) is 0 Å². The molecule has 5 heavy (non-hydrogen) atoms. The SMILES string of the molecule is C.[AlH3].[B].[H-].[H-].[Mg+2].[Ti]. The number of hydrogen-bond donors (Lipinski definition) is 0. The first kappa shape index (κ1) is 60.6. The maximum absolute atomic E-state index is 0. The zero-order valence-corrected chi connectivity index (χ0v) is 4.76. The van der Waals surface area contributed by atoms with Crippen LogP contribution in [0.2, 0.25) is 0 Å². The van der Waals surface area contributed by atoms with Gasteiger partial charge in [0.25, 0.3) is 0 Å². The Morgan fingerprint density at radius 3 is 1.20 bits per heavy atom. The van der Waals surface area contributed by atoms with E-state index in [0.29, 0.717) is 0 Å². The van der Waals surface area contributed by atoms with Crippen molar-refractivity contribution in [3.05, 3.63) is 0 Å². The van der Waals surface area contributed by atoms with E-state index in [9.17, 15) is 0 Å². The topological polar surface area (TPSA) is 0 Å². The smallest absolute Gasteiger partial charge is 1.00 e. The Morgan fingerprint density at radius 1 is 1.20 bits per heavy atom. The van der Waals surface area contributed by atoms with Gasteiger partial charge >= 0.3 is 23.1 Å². The molecule has 0 nitrogen and oxygen atoms in total. The fraction of sp³-hybridized carbons (Fsp3) is 1.00. The molecular weight excluding hydrogens is 122 g/mol. The maximum atomic E-state index is 0. The maximum Gasteiger partial charge on any atom is 2.00 e. The summed E-state index contributed by atoms with van der Waals surface area (Å²) in [6.07, 6.45) is 0. The van der Waals surface area contributed by atoms with Crippen molar-refractivity contribution in [2.45, 2.75) is 7.43 Å². The van der Waals surface area contributed by atoms with Crippen molar-refractivity contribution < 1.29 is 24.6 Å². The van der Waals surface area contributed by atoms with Gasteiger partial charge < -0.3 is 2.85 Å². The molecule has 0 amide bonds. The molecule has 0 aromatic rings. The minimum absolute atomic E-state index is 0. The van der Waals surface area contributed by atoms with Crippen molar-refractivity contribution in [3.8, 4) is 0 Å². The Balaban J connectivity index is 0. The van der Waals surface area contributed by atoms with E-state index in [4.69, 9.17) is 0 Å². The summed E-state index contributed by atoms with van der Waals surface area (Å²) in [4.78, 5) is 0. The molecule has 0 N–H and O–H groups in total. The Labute approximate surface area is 80.2 Å². The summed E-state index contributed by atoms with van der Waals surface area (Å²) in [6.45, 7) is 0.